The third-order valence-corrected chi connectivity index (χ3v) is 12.5. The highest BCUT2D eigenvalue weighted by molar-refractivity contribution is 9.11. The van der Waals surface area contributed by atoms with Crippen LogP contribution in [-0.2, 0) is 41.4 Å². The van der Waals surface area contributed by atoms with Crippen LogP contribution in [0.25, 0.3) is 0 Å². The fourth-order valence-electron chi connectivity index (χ4n) is 6.08. The normalized spacial score (nSPS) is 29.7. The van der Waals surface area contributed by atoms with E-state index in [9.17, 15) is 57.9 Å². The zero-order chi connectivity index (χ0) is 41.6. The second kappa shape index (κ2) is 17.6. The summed E-state index contributed by atoms with van der Waals surface area (Å²) in [5.74, 6) is 0. The van der Waals surface area contributed by atoms with Crippen LogP contribution in [0.1, 0.15) is 37.9 Å². The molecule has 2 unspecified atom stereocenters. The maximum absolute atomic E-state index is 13.2. The lowest BCUT2D eigenvalue weighted by Crippen LogP contribution is -2.33. The predicted octanol–water partition coefficient (Wildman–Crippen LogP) is -0.855. The Kier molecular flexibility index (Phi) is 13.6. The molecule has 25 nitrogen and oxygen atoms in total. The SMILES string of the molecule is O=c1[nH]c(=O)n([C@H]2C[C@H](OP(=O)(O)OC[C@H]3O[C@@H](n4cc(Br)c(=O)[nH]c4=O)C[C@@H]3OP(=O)(O)OC[C@H]3O[C@@H](n4cc(Br)c(=O)[nH]c4=O)C[C@@H]3O)[C@@H](CO)O2)cc1Br. The van der Waals surface area contributed by atoms with E-state index in [1.54, 1.807) is 0 Å². The Morgan fingerprint density at radius 2 is 0.982 bits per heavy atom. The zero-order valence-corrected chi connectivity index (χ0v) is 35.0. The number of aromatic amines is 3. The molecule has 6 heterocycles. The molecule has 11 atom stereocenters. The van der Waals surface area contributed by atoms with Gasteiger partial charge < -0.3 is 34.2 Å². The molecule has 3 aromatic rings. The number of nitrogens with one attached hydrogen (secondary N) is 3. The highest BCUT2D eigenvalue weighted by Crippen LogP contribution is 2.52. The van der Waals surface area contributed by atoms with Crippen LogP contribution in [0.5, 0.6) is 0 Å². The summed E-state index contributed by atoms with van der Waals surface area (Å²) in [5, 5.41) is 20.4. The van der Waals surface area contributed by atoms with Gasteiger partial charge >= 0.3 is 32.7 Å². The molecule has 3 aliphatic heterocycles. The van der Waals surface area contributed by atoms with Gasteiger partial charge in [-0.2, -0.15) is 0 Å². The number of aromatic nitrogens is 6. The van der Waals surface area contributed by atoms with Crippen molar-refractivity contribution in [1.29, 1.82) is 0 Å². The van der Waals surface area contributed by atoms with Crippen LogP contribution in [0, 0.1) is 0 Å². The maximum Gasteiger partial charge on any atom is 0.472 e. The summed E-state index contributed by atoms with van der Waals surface area (Å²) in [6.45, 7) is -2.38. The number of hydrogen-bond donors (Lipinski definition) is 7. The van der Waals surface area contributed by atoms with E-state index in [2.05, 4.69) is 57.8 Å². The summed E-state index contributed by atoms with van der Waals surface area (Å²) < 4.78 is 67.1. The van der Waals surface area contributed by atoms with Crippen molar-refractivity contribution in [2.45, 2.75) is 74.6 Å². The molecule has 3 saturated heterocycles. The molecule has 0 radical (unpaired) electrons. The minimum Gasteiger partial charge on any atom is -0.394 e. The van der Waals surface area contributed by atoms with Gasteiger partial charge in [0, 0.05) is 37.9 Å². The predicted molar refractivity (Wildman–Crippen MR) is 197 cm³/mol. The van der Waals surface area contributed by atoms with E-state index < -0.39 is 131 Å². The van der Waals surface area contributed by atoms with Crippen molar-refractivity contribution < 1.29 is 61.4 Å². The Balaban J connectivity index is 1.14. The van der Waals surface area contributed by atoms with Crippen LogP contribution >= 0.6 is 63.4 Å². The number of hydrogen-bond acceptors (Lipinski definition) is 17. The molecule has 7 N–H and O–H groups in total. The first-order valence-corrected chi connectivity index (χ1v) is 21.7. The second-order valence-corrected chi connectivity index (χ2v) is 18.0. The van der Waals surface area contributed by atoms with Gasteiger partial charge in [-0.3, -0.25) is 61.1 Å². The number of rotatable bonds is 14. The summed E-state index contributed by atoms with van der Waals surface area (Å²) in [6, 6.07) is 0. The average Bonchev–Trinajstić information content (AvgIpc) is 3.83. The molecule has 0 aromatic carbocycles. The lowest BCUT2D eigenvalue weighted by Gasteiger charge is -2.24. The summed E-state index contributed by atoms with van der Waals surface area (Å²) >= 11 is 8.98. The van der Waals surface area contributed by atoms with Crippen molar-refractivity contribution in [3.05, 3.63) is 94.5 Å². The van der Waals surface area contributed by atoms with Crippen molar-refractivity contribution in [3.8, 4) is 0 Å². The summed E-state index contributed by atoms with van der Waals surface area (Å²) in [6.07, 6.45) is -9.34. The Morgan fingerprint density at radius 3 is 1.40 bits per heavy atom. The summed E-state index contributed by atoms with van der Waals surface area (Å²) in [4.78, 5) is 100. The number of H-pyrrole nitrogens is 3. The minimum absolute atomic E-state index is 0.00548. The van der Waals surface area contributed by atoms with E-state index in [1.807, 2.05) is 4.98 Å². The number of halogens is 3. The molecule has 0 aliphatic carbocycles. The van der Waals surface area contributed by atoms with Crippen molar-refractivity contribution in [1.82, 2.24) is 28.7 Å². The lowest BCUT2D eigenvalue weighted by molar-refractivity contribution is -0.0620. The molecule has 0 bridgehead atoms. The highest BCUT2D eigenvalue weighted by atomic mass is 79.9. The van der Waals surface area contributed by atoms with Crippen molar-refractivity contribution in [2.75, 3.05) is 19.8 Å². The van der Waals surface area contributed by atoms with Crippen LogP contribution in [0.2, 0.25) is 0 Å². The fraction of sp³-hybridized carbons (Fsp3) is 0.556. The molecule has 3 fully saturated rings. The van der Waals surface area contributed by atoms with E-state index >= 15 is 0 Å². The smallest absolute Gasteiger partial charge is 0.394 e. The van der Waals surface area contributed by atoms with E-state index in [1.165, 1.54) is 0 Å². The first kappa shape index (κ1) is 44.1. The number of aliphatic hydroxyl groups is 2. The van der Waals surface area contributed by atoms with Crippen LogP contribution < -0.4 is 33.7 Å². The number of nitrogens with zero attached hydrogens (tertiary/aromatic N) is 3. The molecule has 314 valence electrons. The van der Waals surface area contributed by atoms with Crippen molar-refractivity contribution >= 4 is 63.4 Å². The third-order valence-electron chi connectivity index (χ3n) is 8.79. The largest absolute Gasteiger partial charge is 0.472 e. The van der Waals surface area contributed by atoms with Gasteiger partial charge in [0.2, 0.25) is 0 Å². The van der Waals surface area contributed by atoms with Crippen molar-refractivity contribution in [3.63, 3.8) is 0 Å². The van der Waals surface area contributed by atoms with Crippen molar-refractivity contribution in [2.24, 2.45) is 0 Å². The summed E-state index contributed by atoms with van der Waals surface area (Å²) in [7, 11) is -10.3. The molecule has 3 aromatic heterocycles. The molecule has 0 spiro atoms. The lowest BCUT2D eigenvalue weighted by atomic mass is 10.2. The van der Waals surface area contributed by atoms with Gasteiger partial charge in [-0.1, -0.05) is 0 Å². The highest BCUT2D eigenvalue weighted by Gasteiger charge is 2.46. The molecule has 6 rings (SSSR count). The number of aliphatic hydroxyl groups excluding tert-OH is 2. The van der Waals surface area contributed by atoms with Gasteiger partial charge in [0.05, 0.1) is 39.3 Å². The van der Waals surface area contributed by atoms with E-state index in [-0.39, 0.29) is 26.3 Å². The molecule has 57 heavy (non-hydrogen) atoms. The second-order valence-electron chi connectivity index (χ2n) is 12.6. The van der Waals surface area contributed by atoms with E-state index in [0.717, 1.165) is 32.3 Å². The van der Waals surface area contributed by atoms with Gasteiger partial charge in [0.1, 0.15) is 49.2 Å². The van der Waals surface area contributed by atoms with Gasteiger partial charge in [-0.25, -0.2) is 23.5 Å². The molecular weight excluding hydrogens is 1010 g/mol. The Hall–Kier alpha value is -2.50. The number of phosphoric acid groups is 2. The fourth-order valence-corrected chi connectivity index (χ4v) is 8.96. The first-order chi connectivity index (χ1) is 26.7. The molecule has 3 aliphatic rings. The molecular formula is C27H31Br3N6O19P2. The first-order valence-electron chi connectivity index (χ1n) is 16.3. The van der Waals surface area contributed by atoms with Crippen LogP contribution in [0.4, 0.5) is 0 Å². The standard InChI is InChI=1S/C27H31Br3N6O19P2/c28-10-4-34(25(42)31-22(10)39)19-1-13(38)17(52-19)8-49-56(45,46)55-15-3-21(36-6-12(30)24(41)33-27(36)44)53-18(15)9-50-57(47,48)54-14-2-20(51-16(14)7-37)35-5-11(29)23(40)32-26(35)43/h4-6,13-21,37-38H,1-3,7-9H2,(H,45,46)(H,47,48)(H,31,39,42)(H,32,40,43)(H,33,41,44)/t13-,14-,15-,16+,17+,18+,19+,20+,21+/m0/s1. The maximum atomic E-state index is 13.2. The average molecular weight is 1050 g/mol. The monoisotopic (exact) mass is 1040 g/mol. The van der Waals surface area contributed by atoms with Crippen LogP contribution in [0.15, 0.2) is 60.8 Å². The van der Waals surface area contributed by atoms with Gasteiger partial charge in [-0.05, 0) is 47.8 Å². The van der Waals surface area contributed by atoms with Gasteiger partial charge in [-0.15, -0.1) is 0 Å². The Bertz CT molecular complexity index is 2450. The third kappa shape index (κ3) is 10.3. The molecule has 30 heteroatoms. The Morgan fingerprint density at radius 1 is 0.632 bits per heavy atom. The summed E-state index contributed by atoms with van der Waals surface area (Å²) in [5.41, 5.74) is -4.88. The van der Waals surface area contributed by atoms with E-state index in [0.29, 0.717) is 0 Å². The van der Waals surface area contributed by atoms with Gasteiger partial charge in [0.25, 0.3) is 16.7 Å². The topological polar surface area (TPSA) is 344 Å². The van der Waals surface area contributed by atoms with Crippen LogP contribution in [0.3, 0.4) is 0 Å². The zero-order valence-electron chi connectivity index (χ0n) is 28.5. The number of ether oxygens (including phenoxy) is 3. The minimum atomic E-state index is -5.13. The quantitative estimate of drug-likeness (QED) is 0.0967. The number of phosphoric ester groups is 2. The Labute approximate surface area is 341 Å². The van der Waals surface area contributed by atoms with Gasteiger partial charge in [0.15, 0.2) is 0 Å². The van der Waals surface area contributed by atoms with E-state index in [4.69, 9.17) is 32.3 Å². The molecule has 0 saturated carbocycles. The molecule has 0 amide bonds. The van der Waals surface area contributed by atoms with Crippen LogP contribution in [-0.4, -0.2) is 105 Å².